The minimum absolute atomic E-state index is 0.0423. The van der Waals surface area contributed by atoms with Crippen molar-refractivity contribution in [1.29, 1.82) is 0 Å². The minimum Gasteiger partial charge on any atom is -0.481 e. The number of aryl methyl sites for hydroxylation is 1. The molecular formula is C17H23NO5S. The van der Waals surface area contributed by atoms with Gasteiger partial charge in [-0.25, -0.2) is 8.42 Å². The number of hydrogen-bond acceptors (Lipinski definition) is 4. The third kappa shape index (κ3) is 5.06. The molecule has 0 saturated carbocycles. The van der Waals surface area contributed by atoms with Crippen LogP contribution in [0.2, 0.25) is 0 Å². The van der Waals surface area contributed by atoms with E-state index in [1.165, 1.54) is 4.90 Å². The normalized spacial score (nSPS) is 21.0. The SMILES string of the molecule is C[C@@H]1CN(C(=O)CS(=O)(=O)CCCc2ccccc2)C[C@H]1C(=O)O. The maximum atomic E-state index is 12.2. The van der Waals surface area contributed by atoms with Crippen LogP contribution in [-0.4, -0.2) is 54.9 Å². The zero-order valence-electron chi connectivity index (χ0n) is 13.7. The maximum Gasteiger partial charge on any atom is 0.308 e. The Labute approximate surface area is 142 Å². The molecule has 2 rings (SSSR count). The molecule has 7 heteroatoms. The van der Waals surface area contributed by atoms with Gasteiger partial charge in [0.1, 0.15) is 5.75 Å². The lowest BCUT2D eigenvalue weighted by Gasteiger charge is -2.16. The van der Waals surface area contributed by atoms with Crippen LogP contribution in [0.1, 0.15) is 18.9 Å². The minimum atomic E-state index is -3.48. The first-order valence-electron chi connectivity index (χ1n) is 8.03. The largest absolute Gasteiger partial charge is 0.481 e. The maximum absolute atomic E-state index is 12.2. The van der Waals surface area contributed by atoms with Crippen molar-refractivity contribution in [2.45, 2.75) is 19.8 Å². The van der Waals surface area contributed by atoms with Crippen molar-refractivity contribution >= 4 is 21.7 Å². The van der Waals surface area contributed by atoms with Crippen LogP contribution >= 0.6 is 0 Å². The first-order chi connectivity index (χ1) is 11.3. The first kappa shape index (κ1) is 18.4. The highest BCUT2D eigenvalue weighted by molar-refractivity contribution is 7.92. The van der Waals surface area contributed by atoms with E-state index in [1.54, 1.807) is 6.92 Å². The van der Waals surface area contributed by atoms with E-state index in [-0.39, 0.29) is 18.2 Å². The highest BCUT2D eigenvalue weighted by Gasteiger charge is 2.37. The summed E-state index contributed by atoms with van der Waals surface area (Å²) in [5.41, 5.74) is 1.07. The molecule has 1 aliphatic heterocycles. The fourth-order valence-electron chi connectivity index (χ4n) is 2.98. The lowest BCUT2D eigenvalue weighted by Crippen LogP contribution is -2.35. The van der Waals surface area contributed by atoms with Crippen LogP contribution in [-0.2, 0) is 25.8 Å². The Balaban J connectivity index is 1.83. The molecule has 1 aromatic rings. The average Bonchev–Trinajstić information content (AvgIpc) is 2.90. The first-order valence-corrected chi connectivity index (χ1v) is 9.85. The van der Waals surface area contributed by atoms with Gasteiger partial charge in [0.2, 0.25) is 5.91 Å². The van der Waals surface area contributed by atoms with Gasteiger partial charge < -0.3 is 10.0 Å². The molecule has 0 unspecified atom stereocenters. The van der Waals surface area contributed by atoms with Crippen LogP contribution in [0.15, 0.2) is 30.3 Å². The topological polar surface area (TPSA) is 91.8 Å². The Bertz CT molecular complexity index is 686. The number of nitrogens with zero attached hydrogens (tertiary/aromatic N) is 1. The number of likely N-dealkylation sites (tertiary alicyclic amines) is 1. The van der Waals surface area contributed by atoms with E-state index in [1.807, 2.05) is 30.3 Å². The Morgan fingerprint density at radius 3 is 2.46 bits per heavy atom. The van der Waals surface area contributed by atoms with Gasteiger partial charge in [0, 0.05) is 13.1 Å². The highest BCUT2D eigenvalue weighted by Crippen LogP contribution is 2.23. The number of sulfone groups is 1. The Hall–Kier alpha value is -1.89. The van der Waals surface area contributed by atoms with E-state index in [0.717, 1.165) is 5.56 Å². The van der Waals surface area contributed by atoms with Gasteiger partial charge in [-0.2, -0.15) is 0 Å². The molecule has 0 radical (unpaired) electrons. The van der Waals surface area contributed by atoms with E-state index < -0.39 is 33.4 Å². The lowest BCUT2D eigenvalue weighted by molar-refractivity contribution is -0.142. The number of amides is 1. The van der Waals surface area contributed by atoms with E-state index in [9.17, 15) is 18.0 Å². The summed E-state index contributed by atoms with van der Waals surface area (Å²) in [5.74, 6) is -2.80. The van der Waals surface area contributed by atoms with Gasteiger partial charge in [0.15, 0.2) is 9.84 Å². The van der Waals surface area contributed by atoms with E-state index in [0.29, 0.717) is 19.4 Å². The van der Waals surface area contributed by atoms with Crippen molar-refractivity contribution in [3.8, 4) is 0 Å². The molecule has 0 spiro atoms. The predicted octanol–water partition coefficient (Wildman–Crippen LogP) is 1.21. The van der Waals surface area contributed by atoms with Gasteiger partial charge in [0.25, 0.3) is 0 Å². The van der Waals surface area contributed by atoms with E-state index in [4.69, 9.17) is 5.11 Å². The molecule has 132 valence electrons. The van der Waals surface area contributed by atoms with Crippen molar-refractivity contribution < 1.29 is 23.1 Å². The average molecular weight is 353 g/mol. The number of carbonyl (C=O) groups is 2. The van der Waals surface area contributed by atoms with Gasteiger partial charge in [0.05, 0.1) is 11.7 Å². The summed E-state index contributed by atoms with van der Waals surface area (Å²) in [7, 11) is -3.48. The zero-order valence-corrected chi connectivity index (χ0v) is 14.5. The van der Waals surface area contributed by atoms with Crippen molar-refractivity contribution in [3.05, 3.63) is 35.9 Å². The summed E-state index contributed by atoms with van der Waals surface area (Å²) in [6, 6.07) is 9.59. The molecule has 1 saturated heterocycles. The molecule has 1 aliphatic rings. The molecule has 1 N–H and O–H groups in total. The third-order valence-corrected chi connectivity index (χ3v) is 5.99. The standard InChI is InChI=1S/C17H23NO5S/c1-13-10-18(11-15(13)17(20)21)16(19)12-24(22,23)9-5-8-14-6-3-2-4-7-14/h2-4,6-7,13,15H,5,8-12H2,1H3,(H,20,21)/t13-,15-/m1/s1. The van der Waals surface area contributed by atoms with Gasteiger partial charge >= 0.3 is 5.97 Å². The van der Waals surface area contributed by atoms with E-state index in [2.05, 4.69) is 0 Å². The fraction of sp³-hybridized carbons (Fsp3) is 0.529. The summed E-state index contributed by atoms with van der Waals surface area (Å²) in [4.78, 5) is 24.6. The third-order valence-electron chi connectivity index (χ3n) is 4.39. The molecule has 6 nitrogen and oxygen atoms in total. The van der Waals surface area contributed by atoms with Crippen molar-refractivity contribution in [3.63, 3.8) is 0 Å². The van der Waals surface area contributed by atoms with Gasteiger partial charge in [-0.05, 0) is 24.3 Å². The van der Waals surface area contributed by atoms with E-state index >= 15 is 0 Å². The summed E-state index contributed by atoms with van der Waals surface area (Å²) in [5, 5.41) is 9.08. The molecule has 0 aromatic heterocycles. The number of carboxylic acid groups (broad SMARTS) is 1. The second-order valence-electron chi connectivity index (χ2n) is 6.40. The fourth-order valence-corrected chi connectivity index (χ4v) is 4.27. The van der Waals surface area contributed by atoms with Crippen LogP contribution < -0.4 is 0 Å². The Kier molecular flexibility index (Phi) is 5.99. The van der Waals surface area contributed by atoms with Crippen LogP contribution in [0.4, 0.5) is 0 Å². The molecule has 0 aliphatic carbocycles. The molecular weight excluding hydrogens is 330 g/mol. The Morgan fingerprint density at radius 1 is 1.21 bits per heavy atom. The summed E-state index contributed by atoms with van der Waals surface area (Å²) < 4.78 is 24.2. The van der Waals surface area contributed by atoms with Gasteiger partial charge in [-0.1, -0.05) is 37.3 Å². The van der Waals surface area contributed by atoms with Crippen LogP contribution in [0.25, 0.3) is 0 Å². The molecule has 1 aromatic carbocycles. The Morgan fingerprint density at radius 2 is 1.88 bits per heavy atom. The number of carboxylic acids is 1. The second kappa shape index (κ2) is 7.79. The summed E-state index contributed by atoms with van der Waals surface area (Å²) in [6.07, 6.45) is 1.11. The second-order valence-corrected chi connectivity index (χ2v) is 8.59. The van der Waals surface area contributed by atoms with Gasteiger partial charge in [-0.15, -0.1) is 0 Å². The number of benzene rings is 1. The van der Waals surface area contributed by atoms with Crippen molar-refractivity contribution in [1.82, 2.24) is 4.90 Å². The number of aliphatic carboxylic acids is 1. The smallest absolute Gasteiger partial charge is 0.308 e. The van der Waals surface area contributed by atoms with Gasteiger partial charge in [-0.3, -0.25) is 9.59 Å². The quantitative estimate of drug-likeness (QED) is 0.795. The number of rotatable bonds is 7. The highest BCUT2D eigenvalue weighted by atomic mass is 32.2. The predicted molar refractivity (Wildman–Crippen MR) is 90.3 cm³/mol. The molecule has 2 atom stereocenters. The molecule has 1 amide bonds. The summed E-state index contributed by atoms with van der Waals surface area (Å²) >= 11 is 0. The van der Waals surface area contributed by atoms with Crippen LogP contribution in [0.5, 0.6) is 0 Å². The monoisotopic (exact) mass is 353 g/mol. The van der Waals surface area contributed by atoms with Crippen molar-refractivity contribution in [2.24, 2.45) is 11.8 Å². The van der Waals surface area contributed by atoms with Crippen molar-refractivity contribution in [2.75, 3.05) is 24.6 Å². The summed E-state index contributed by atoms with van der Waals surface area (Å²) in [6.45, 7) is 2.16. The number of hydrogen-bond donors (Lipinski definition) is 1. The molecule has 1 heterocycles. The van der Waals surface area contributed by atoms with Crippen LogP contribution in [0, 0.1) is 11.8 Å². The molecule has 24 heavy (non-hydrogen) atoms. The molecule has 1 fully saturated rings. The number of carbonyl (C=O) groups excluding carboxylic acids is 1. The molecule has 0 bridgehead atoms. The lowest BCUT2D eigenvalue weighted by atomic mass is 9.99. The zero-order chi connectivity index (χ0) is 17.7. The van der Waals surface area contributed by atoms with Crippen LogP contribution in [0.3, 0.4) is 0 Å².